The van der Waals surface area contributed by atoms with Crippen LogP contribution in [0.2, 0.25) is 0 Å². The van der Waals surface area contributed by atoms with Crippen molar-refractivity contribution in [2.75, 3.05) is 0 Å². The van der Waals surface area contributed by atoms with Crippen LogP contribution in [0, 0.1) is 0 Å². The fourth-order valence-corrected chi connectivity index (χ4v) is 8.99. The summed E-state index contributed by atoms with van der Waals surface area (Å²) >= 11 is 0. The molecule has 0 saturated heterocycles. The molecule has 0 aliphatic heterocycles. The molecule has 0 aliphatic rings. The molecule has 0 unspecified atom stereocenters. The Morgan fingerprint density at radius 2 is 0.700 bits per heavy atom. The monoisotopic (exact) mass is 778 g/mol. The molecule has 2 heteroatoms. The van der Waals surface area contributed by atoms with Crippen molar-refractivity contribution in [3.05, 3.63) is 239 Å². The minimum Gasteiger partial charge on any atom is -0.507 e. The molecule has 294 valence electrons. The highest BCUT2D eigenvalue weighted by Crippen LogP contribution is 2.44. The van der Waals surface area contributed by atoms with Gasteiger partial charge in [-0.1, -0.05) is 210 Å². The van der Waals surface area contributed by atoms with Crippen molar-refractivity contribution in [1.82, 2.24) is 0 Å². The fourth-order valence-electron chi connectivity index (χ4n) is 8.99. The molecule has 9 aromatic rings. The second-order valence-corrected chi connectivity index (χ2v) is 17.3. The summed E-state index contributed by atoms with van der Waals surface area (Å²) in [5.74, 6) is 0.647. The predicted molar refractivity (Wildman–Crippen MR) is 251 cm³/mol. The van der Waals surface area contributed by atoms with Gasteiger partial charge in [0.1, 0.15) is 11.5 Å². The molecule has 9 rings (SSSR count). The first kappa shape index (κ1) is 38.6. The molecule has 9 aromatic carbocycles. The van der Waals surface area contributed by atoms with Crippen molar-refractivity contribution in [1.29, 1.82) is 0 Å². The van der Waals surface area contributed by atoms with Gasteiger partial charge in [0.2, 0.25) is 0 Å². The number of aromatic hydroxyl groups is 2. The van der Waals surface area contributed by atoms with Crippen LogP contribution in [0.5, 0.6) is 11.5 Å². The van der Waals surface area contributed by atoms with E-state index in [1.165, 1.54) is 43.8 Å². The molecule has 0 aromatic heterocycles. The SMILES string of the molecule is CC(C)(c1cccc(C(C)(C)c2cc(Cc3cccc4ccccc34)c(O)c(-c3ccccc3)c2)c1)c1cc(Cc2cccc3ccccc23)c(O)c(-c2ccccc2)c1. The summed E-state index contributed by atoms with van der Waals surface area (Å²) in [5.41, 5.74) is 11.6. The summed E-state index contributed by atoms with van der Waals surface area (Å²) in [6.07, 6.45) is 1.21. The molecule has 0 saturated carbocycles. The zero-order valence-corrected chi connectivity index (χ0v) is 34.8. The molecule has 0 atom stereocenters. The van der Waals surface area contributed by atoms with Crippen molar-refractivity contribution in [2.45, 2.75) is 51.4 Å². The molecule has 0 heterocycles. The van der Waals surface area contributed by atoms with Crippen molar-refractivity contribution >= 4 is 21.5 Å². The van der Waals surface area contributed by atoms with Crippen LogP contribution in [-0.2, 0) is 23.7 Å². The van der Waals surface area contributed by atoms with Crippen LogP contribution in [0.15, 0.2) is 194 Å². The van der Waals surface area contributed by atoms with Gasteiger partial charge >= 0.3 is 0 Å². The van der Waals surface area contributed by atoms with E-state index in [0.717, 1.165) is 44.5 Å². The maximum absolute atomic E-state index is 12.0. The number of fused-ring (bicyclic) bond motifs is 2. The highest BCUT2D eigenvalue weighted by molar-refractivity contribution is 5.87. The molecule has 60 heavy (non-hydrogen) atoms. The third-order valence-electron chi connectivity index (χ3n) is 12.8. The van der Waals surface area contributed by atoms with Gasteiger partial charge in [0.25, 0.3) is 0 Å². The molecule has 2 N–H and O–H groups in total. The second-order valence-electron chi connectivity index (χ2n) is 17.3. The van der Waals surface area contributed by atoms with Crippen molar-refractivity contribution in [3.63, 3.8) is 0 Å². The van der Waals surface area contributed by atoms with Gasteiger partial charge in [-0.3, -0.25) is 0 Å². The van der Waals surface area contributed by atoms with Gasteiger partial charge in [-0.05, 0) is 89.3 Å². The van der Waals surface area contributed by atoms with E-state index in [9.17, 15) is 10.2 Å². The number of rotatable bonds is 10. The third-order valence-corrected chi connectivity index (χ3v) is 12.8. The Bertz CT molecular complexity index is 2780. The Balaban J connectivity index is 1.14. The molecule has 0 fully saturated rings. The summed E-state index contributed by atoms with van der Waals surface area (Å²) < 4.78 is 0. The van der Waals surface area contributed by atoms with E-state index in [4.69, 9.17) is 0 Å². The van der Waals surface area contributed by atoms with Crippen LogP contribution >= 0.6 is 0 Å². The van der Waals surface area contributed by atoms with Crippen LogP contribution in [0.1, 0.15) is 72.2 Å². The largest absolute Gasteiger partial charge is 0.507 e. The molecule has 0 spiro atoms. The van der Waals surface area contributed by atoms with E-state index in [1.54, 1.807) is 0 Å². The van der Waals surface area contributed by atoms with Crippen molar-refractivity contribution in [2.24, 2.45) is 0 Å². The predicted octanol–water partition coefficient (Wildman–Crippen LogP) is 14.6. The van der Waals surface area contributed by atoms with Gasteiger partial charge in [0, 0.05) is 34.8 Å². The Morgan fingerprint density at radius 1 is 0.333 bits per heavy atom. The van der Waals surface area contributed by atoms with Crippen molar-refractivity contribution < 1.29 is 10.2 Å². The quantitative estimate of drug-likeness (QED) is 0.145. The Morgan fingerprint density at radius 3 is 1.13 bits per heavy atom. The third kappa shape index (κ3) is 7.24. The summed E-state index contributed by atoms with van der Waals surface area (Å²) in [5, 5.41) is 28.8. The minimum absolute atomic E-state index is 0.324. The summed E-state index contributed by atoms with van der Waals surface area (Å²) in [4.78, 5) is 0. The normalized spacial score (nSPS) is 11.9. The first-order valence-electron chi connectivity index (χ1n) is 21.0. The molecule has 0 aliphatic carbocycles. The van der Waals surface area contributed by atoms with E-state index in [1.807, 2.05) is 36.4 Å². The lowest BCUT2D eigenvalue weighted by Gasteiger charge is -2.32. The van der Waals surface area contributed by atoms with E-state index in [0.29, 0.717) is 24.3 Å². The summed E-state index contributed by atoms with van der Waals surface area (Å²) in [7, 11) is 0. The van der Waals surface area contributed by atoms with E-state index in [2.05, 4.69) is 185 Å². The van der Waals surface area contributed by atoms with Gasteiger partial charge in [-0.15, -0.1) is 0 Å². The van der Waals surface area contributed by atoms with Crippen molar-refractivity contribution in [3.8, 4) is 33.8 Å². The topological polar surface area (TPSA) is 40.5 Å². The molecule has 0 radical (unpaired) electrons. The number of phenolic OH excluding ortho intramolecular Hbond substituents is 2. The maximum atomic E-state index is 12.0. The van der Waals surface area contributed by atoms with E-state index in [-0.39, 0.29) is 0 Å². The van der Waals surface area contributed by atoms with Crippen LogP contribution < -0.4 is 0 Å². The maximum Gasteiger partial charge on any atom is 0.126 e. The Labute approximate surface area is 354 Å². The zero-order valence-electron chi connectivity index (χ0n) is 34.8. The molecule has 0 bridgehead atoms. The second kappa shape index (κ2) is 15.7. The lowest BCUT2D eigenvalue weighted by atomic mass is 9.72. The highest BCUT2D eigenvalue weighted by Gasteiger charge is 2.31. The average molecular weight is 779 g/mol. The molecule has 2 nitrogen and oxygen atoms in total. The van der Waals surface area contributed by atoms with Crippen LogP contribution in [-0.4, -0.2) is 10.2 Å². The fraction of sp³-hybridized carbons (Fsp3) is 0.138. The summed E-state index contributed by atoms with van der Waals surface area (Å²) in [6, 6.07) is 68.1. The zero-order chi connectivity index (χ0) is 41.4. The van der Waals surface area contributed by atoms with Crippen LogP contribution in [0.3, 0.4) is 0 Å². The number of hydrogen-bond acceptors (Lipinski definition) is 2. The average Bonchev–Trinajstić information content (AvgIpc) is 3.28. The standard InChI is InChI=1S/C58H50O2/c1-57(2,49-34-45(55(59)53(37-49)41-18-7-5-8-19-41)32-43-26-15-24-39-22-11-13-30-51(39)43)47-28-17-29-48(36-47)58(3,4)50-35-46(56(60)54(38-50)42-20-9-6-10-21-42)33-44-27-16-25-40-23-12-14-31-52(40)44/h5-31,34-38,59-60H,32-33H2,1-4H3. The van der Waals surface area contributed by atoms with Crippen LogP contribution in [0.4, 0.5) is 0 Å². The molecular formula is C58H50O2. The van der Waals surface area contributed by atoms with E-state index < -0.39 is 10.8 Å². The first-order chi connectivity index (χ1) is 29.1. The molecule has 0 amide bonds. The summed E-state index contributed by atoms with van der Waals surface area (Å²) in [6.45, 7) is 9.16. The minimum atomic E-state index is -0.416. The lowest BCUT2D eigenvalue weighted by Crippen LogP contribution is -2.23. The van der Waals surface area contributed by atoms with Gasteiger partial charge in [0.05, 0.1) is 0 Å². The lowest BCUT2D eigenvalue weighted by molar-refractivity contribution is 0.470. The van der Waals surface area contributed by atoms with Gasteiger partial charge in [0.15, 0.2) is 0 Å². The molecular weight excluding hydrogens is 729 g/mol. The van der Waals surface area contributed by atoms with Gasteiger partial charge in [-0.25, -0.2) is 0 Å². The van der Waals surface area contributed by atoms with Crippen LogP contribution in [0.25, 0.3) is 43.8 Å². The first-order valence-corrected chi connectivity index (χ1v) is 21.0. The smallest absolute Gasteiger partial charge is 0.126 e. The highest BCUT2D eigenvalue weighted by atomic mass is 16.3. The number of phenols is 2. The Kier molecular flexibility index (Phi) is 10.1. The number of hydrogen-bond donors (Lipinski definition) is 2. The van der Waals surface area contributed by atoms with Gasteiger partial charge in [-0.2, -0.15) is 0 Å². The van der Waals surface area contributed by atoms with E-state index >= 15 is 0 Å². The van der Waals surface area contributed by atoms with Gasteiger partial charge < -0.3 is 10.2 Å². The number of benzene rings is 9. The Hall–Kier alpha value is -6.90.